The highest BCUT2D eigenvalue weighted by Crippen LogP contribution is 2.25. The van der Waals surface area contributed by atoms with Gasteiger partial charge in [-0.1, -0.05) is 36.9 Å². The molecule has 0 bridgehead atoms. The number of likely N-dealkylation sites (tertiary alicyclic amines) is 1. The van der Waals surface area contributed by atoms with E-state index in [-0.39, 0.29) is 24.3 Å². The van der Waals surface area contributed by atoms with Gasteiger partial charge >= 0.3 is 12.1 Å². The molecular weight excluding hydrogens is 360 g/mol. The van der Waals surface area contributed by atoms with Crippen molar-refractivity contribution in [2.45, 2.75) is 58.2 Å². The molecule has 1 heterocycles. The number of β-lactam (4-membered cyclic amide) rings is 1. The van der Waals surface area contributed by atoms with E-state index < -0.39 is 23.7 Å². The van der Waals surface area contributed by atoms with E-state index in [0.29, 0.717) is 12.8 Å². The average molecular weight is 388 g/mol. The Morgan fingerprint density at radius 3 is 2.43 bits per heavy atom. The van der Waals surface area contributed by atoms with E-state index in [4.69, 9.17) is 9.47 Å². The van der Waals surface area contributed by atoms with Crippen LogP contribution >= 0.6 is 0 Å². The van der Waals surface area contributed by atoms with Crippen molar-refractivity contribution in [2.24, 2.45) is 0 Å². The Labute approximate surface area is 165 Å². The molecule has 2 atom stereocenters. The standard InChI is InChI=1S/C21H28N2O5/c1-14(2)27-17(24)13-23-16(12-11-15-9-7-6-8-10-15)18(19(23)25)22-20(26)28-21(3,4)5/h6-10,16,18H,1,11-13H2,2-5H3,(H,22,26)/t16-,18+/m1/s1. The molecule has 1 N–H and O–H groups in total. The number of rotatable bonds is 7. The number of carbonyl (C=O) groups excluding carboxylic acids is 3. The second-order valence-corrected chi connectivity index (χ2v) is 7.86. The number of aryl methyl sites for hydroxylation is 1. The molecule has 1 aromatic carbocycles. The zero-order valence-electron chi connectivity index (χ0n) is 16.9. The van der Waals surface area contributed by atoms with Gasteiger partial charge in [0.2, 0.25) is 5.91 Å². The largest absolute Gasteiger partial charge is 0.444 e. The number of benzene rings is 1. The van der Waals surface area contributed by atoms with Gasteiger partial charge < -0.3 is 19.7 Å². The van der Waals surface area contributed by atoms with Crippen LogP contribution in [0, 0.1) is 0 Å². The third kappa shape index (κ3) is 6.11. The zero-order chi connectivity index (χ0) is 20.9. The lowest BCUT2D eigenvalue weighted by molar-refractivity contribution is -0.159. The van der Waals surface area contributed by atoms with Crippen LogP contribution in [0.25, 0.3) is 0 Å². The number of alkyl carbamates (subject to hydrolysis) is 1. The second kappa shape index (κ2) is 8.91. The first-order valence-corrected chi connectivity index (χ1v) is 9.27. The van der Waals surface area contributed by atoms with Gasteiger partial charge in [0.25, 0.3) is 0 Å². The van der Waals surface area contributed by atoms with E-state index in [1.807, 2.05) is 30.3 Å². The summed E-state index contributed by atoms with van der Waals surface area (Å²) in [6, 6.07) is 8.77. The van der Waals surface area contributed by atoms with Crippen LogP contribution in [-0.4, -0.2) is 47.1 Å². The fourth-order valence-corrected chi connectivity index (χ4v) is 3.04. The van der Waals surface area contributed by atoms with Gasteiger partial charge in [-0.15, -0.1) is 0 Å². The summed E-state index contributed by atoms with van der Waals surface area (Å²) in [7, 11) is 0. The fourth-order valence-electron chi connectivity index (χ4n) is 3.04. The number of hydrogen-bond donors (Lipinski definition) is 1. The van der Waals surface area contributed by atoms with E-state index in [9.17, 15) is 14.4 Å². The van der Waals surface area contributed by atoms with Crippen molar-refractivity contribution in [1.29, 1.82) is 0 Å². The van der Waals surface area contributed by atoms with E-state index in [0.717, 1.165) is 5.56 Å². The van der Waals surface area contributed by atoms with Crippen molar-refractivity contribution in [3.05, 3.63) is 48.2 Å². The van der Waals surface area contributed by atoms with Crippen LogP contribution in [0.2, 0.25) is 0 Å². The minimum atomic E-state index is -0.726. The zero-order valence-corrected chi connectivity index (χ0v) is 16.9. The normalized spacial score (nSPS) is 18.9. The Hall–Kier alpha value is -2.83. The number of nitrogens with one attached hydrogen (secondary N) is 1. The highest BCUT2D eigenvalue weighted by molar-refractivity contribution is 5.94. The Bertz CT molecular complexity index is 739. The maximum atomic E-state index is 12.5. The smallest absolute Gasteiger partial charge is 0.408 e. The maximum absolute atomic E-state index is 12.5. The predicted octanol–water partition coefficient (Wildman–Crippen LogP) is 2.80. The molecule has 2 rings (SSSR count). The van der Waals surface area contributed by atoms with Crippen LogP contribution in [0.4, 0.5) is 4.79 Å². The number of allylic oxidation sites excluding steroid dienone is 1. The molecule has 0 saturated carbocycles. The molecule has 1 aromatic rings. The van der Waals surface area contributed by atoms with Crippen molar-refractivity contribution >= 4 is 18.0 Å². The van der Waals surface area contributed by atoms with Gasteiger partial charge in [-0.2, -0.15) is 0 Å². The summed E-state index contributed by atoms with van der Waals surface area (Å²) in [5.41, 5.74) is 0.448. The van der Waals surface area contributed by atoms with Gasteiger partial charge in [-0.3, -0.25) is 4.79 Å². The topological polar surface area (TPSA) is 84.9 Å². The summed E-state index contributed by atoms with van der Waals surface area (Å²) >= 11 is 0. The van der Waals surface area contributed by atoms with E-state index in [1.165, 1.54) is 4.90 Å². The molecule has 1 aliphatic heterocycles. The third-order valence-corrected chi connectivity index (χ3v) is 4.17. The summed E-state index contributed by atoms with van der Waals surface area (Å²) in [5, 5.41) is 2.63. The Morgan fingerprint density at radius 1 is 1.21 bits per heavy atom. The molecule has 1 saturated heterocycles. The van der Waals surface area contributed by atoms with E-state index in [1.54, 1.807) is 27.7 Å². The monoisotopic (exact) mass is 388 g/mol. The SMILES string of the molecule is C=C(C)OC(=O)CN1C(=O)[C@@H](NC(=O)OC(C)(C)C)[C@H]1CCc1ccccc1. The molecule has 2 amide bonds. The fraction of sp³-hybridized carbons (Fsp3) is 0.476. The molecule has 0 aromatic heterocycles. The van der Waals surface area contributed by atoms with E-state index in [2.05, 4.69) is 11.9 Å². The van der Waals surface area contributed by atoms with Crippen LogP contribution in [0.5, 0.6) is 0 Å². The minimum absolute atomic E-state index is 0.183. The summed E-state index contributed by atoms with van der Waals surface area (Å²) in [6.45, 7) is 10.2. The number of ether oxygens (including phenoxy) is 2. The number of carbonyl (C=O) groups is 3. The summed E-state index contributed by atoms with van der Waals surface area (Å²) < 4.78 is 10.2. The molecular formula is C21H28N2O5. The van der Waals surface area contributed by atoms with Gasteiger partial charge in [0.05, 0.1) is 11.8 Å². The number of amides is 2. The highest BCUT2D eigenvalue weighted by Gasteiger charge is 2.49. The van der Waals surface area contributed by atoms with Crippen LogP contribution in [0.3, 0.4) is 0 Å². The molecule has 7 heteroatoms. The quantitative estimate of drug-likeness (QED) is 0.441. The van der Waals surface area contributed by atoms with Gasteiger partial charge in [0.1, 0.15) is 18.2 Å². The Morgan fingerprint density at radius 2 is 1.86 bits per heavy atom. The first-order valence-electron chi connectivity index (χ1n) is 9.27. The second-order valence-electron chi connectivity index (χ2n) is 7.86. The molecule has 28 heavy (non-hydrogen) atoms. The average Bonchev–Trinajstić information content (AvgIpc) is 2.58. The first-order chi connectivity index (χ1) is 13.1. The van der Waals surface area contributed by atoms with Crippen LogP contribution in [0.15, 0.2) is 42.7 Å². The van der Waals surface area contributed by atoms with Gasteiger partial charge in [-0.25, -0.2) is 9.59 Å². The molecule has 1 aliphatic rings. The number of hydrogen-bond acceptors (Lipinski definition) is 5. The van der Waals surface area contributed by atoms with Gasteiger partial charge in [0.15, 0.2) is 0 Å². The summed E-state index contributed by atoms with van der Waals surface area (Å²) in [5.74, 6) is -0.619. The first kappa shape index (κ1) is 21.5. The predicted molar refractivity (Wildman–Crippen MR) is 104 cm³/mol. The molecule has 0 aliphatic carbocycles. The molecule has 0 radical (unpaired) electrons. The minimum Gasteiger partial charge on any atom is -0.444 e. The maximum Gasteiger partial charge on any atom is 0.408 e. The molecule has 7 nitrogen and oxygen atoms in total. The third-order valence-electron chi connectivity index (χ3n) is 4.17. The van der Waals surface area contributed by atoms with Gasteiger partial charge in [0, 0.05) is 0 Å². The van der Waals surface area contributed by atoms with Crippen molar-refractivity contribution in [2.75, 3.05) is 6.54 Å². The Balaban J connectivity index is 2.05. The van der Waals surface area contributed by atoms with Crippen molar-refractivity contribution < 1.29 is 23.9 Å². The molecule has 152 valence electrons. The van der Waals surface area contributed by atoms with Crippen molar-refractivity contribution in [3.63, 3.8) is 0 Å². The lowest BCUT2D eigenvalue weighted by Gasteiger charge is -2.46. The number of nitrogens with zero attached hydrogens (tertiary/aromatic N) is 1. The van der Waals surface area contributed by atoms with Crippen LogP contribution in [0.1, 0.15) is 39.7 Å². The lowest BCUT2D eigenvalue weighted by Crippen LogP contribution is -2.71. The number of esters is 1. The van der Waals surface area contributed by atoms with Crippen LogP contribution < -0.4 is 5.32 Å². The highest BCUT2D eigenvalue weighted by atomic mass is 16.6. The molecule has 0 unspecified atom stereocenters. The van der Waals surface area contributed by atoms with E-state index >= 15 is 0 Å². The molecule has 0 spiro atoms. The van der Waals surface area contributed by atoms with Crippen molar-refractivity contribution in [1.82, 2.24) is 10.2 Å². The summed E-state index contributed by atoms with van der Waals surface area (Å²) in [6.07, 6.45) is 0.646. The Kier molecular flexibility index (Phi) is 6.83. The molecule has 1 fully saturated rings. The van der Waals surface area contributed by atoms with Gasteiger partial charge in [-0.05, 0) is 46.1 Å². The summed E-state index contributed by atoms with van der Waals surface area (Å²) in [4.78, 5) is 38.0. The van der Waals surface area contributed by atoms with Crippen LogP contribution in [-0.2, 0) is 25.5 Å². The lowest BCUT2D eigenvalue weighted by atomic mass is 9.89. The van der Waals surface area contributed by atoms with Crippen molar-refractivity contribution in [3.8, 4) is 0 Å².